The van der Waals surface area contributed by atoms with Gasteiger partial charge >= 0.3 is 6.18 Å². The van der Waals surface area contributed by atoms with Crippen molar-refractivity contribution in [1.82, 2.24) is 0 Å². The number of halogens is 4. The van der Waals surface area contributed by atoms with Crippen molar-refractivity contribution >= 4 is 0 Å². The highest BCUT2D eigenvalue weighted by atomic mass is 19.4. The maximum absolute atomic E-state index is 12.8. The quantitative estimate of drug-likeness (QED) is 0.798. The topological polar surface area (TPSA) is 26.0 Å². The Labute approximate surface area is 91.3 Å². The Kier molecular flexibility index (Phi) is 4.29. The number of nitrogens with two attached hydrogens (primary N) is 1. The summed E-state index contributed by atoms with van der Waals surface area (Å²) in [5.74, 6) is -2.02. The van der Waals surface area contributed by atoms with Gasteiger partial charge in [0, 0.05) is 0 Å². The van der Waals surface area contributed by atoms with Crippen LogP contribution in [-0.2, 0) is 6.42 Å². The van der Waals surface area contributed by atoms with Gasteiger partial charge in [-0.1, -0.05) is 12.1 Å². The number of alkyl halides is 3. The van der Waals surface area contributed by atoms with Crippen molar-refractivity contribution in [1.29, 1.82) is 0 Å². The predicted molar refractivity (Wildman–Crippen MR) is 53.3 cm³/mol. The maximum Gasteiger partial charge on any atom is 0.392 e. The summed E-state index contributed by atoms with van der Waals surface area (Å²) in [6, 6.07) is 5.21. The van der Waals surface area contributed by atoms with Crippen LogP contribution in [0.5, 0.6) is 0 Å². The summed E-state index contributed by atoms with van der Waals surface area (Å²) in [6.07, 6.45) is -4.65. The Balaban J connectivity index is 2.76. The molecule has 1 atom stereocenters. The molecule has 90 valence electrons. The molecule has 0 heterocycles. The van der Waals surface area contributed by atoms with E-state index in [9.17, 15) is 17.6 Å². The molecular formula is C11H13F4N. The van der Waals surface area contributed by atoms with Crippen LogP contribution in [0.15, 0.2) is 24.3 Å². The third kappa shape index (κ3) is 3.81. The first-order valence-corrected chi connectivity index (χ1v) is 4.94. The number of hydrogen-bond acceptors (Lipinski definition) is 1. The molecule has 1 nitrogen and oxygen atoms in total. The summed E-state index contributed by atoms with van der Waals surface area (Å²) < 4.78 is 50.4. The van der Waals surface area contributed by atoms with Gasteiger partial charge in [0.25, 0.3) is 0 Å². The van der Waals surface area contributed by atoms with Crippen molar-refractivity contribution < 1.29 is 17.6 Å². The Hall–Kier alpha value is -1.10. The zero-order valence-electron chi connectivity index (χ0n) is 8.60. The highest BCUT2D eigenvalue weighted by molar-refractivity contribution is 5.17. The monoisotopic (exact) mass is 235 g/mol. The van der Waals surface area contributed by atoms with Crippen molar-refractivity contribution in [2.45, 2.75) is 19.0 Å². The molecule has 0 aliphatic heterocycles. The smallest absolute Gasteiger partial charge is 0.330 e. The summed E-state index contributed by atoms with van der Waals surface area (Å²) in [7, 11) is 0. The molecule has 0 saturated carbocycles. The first kappa shape index (κ1) is 13.0. The molecule has 0 bridgehead atoms. The van der Waals surface area contributed by atoms with Gasteiger partial charge in [-0.3, -0.25) is 0 Å². The Morgan fingerprint density at radius 2 is 1.94 bits per heavy atom. The molecule has 1 rings (SSSR count). The summed E-state index contributed by atoms with van der Waals surface area (Å²) in [4.78, 5) is 0. The summed E-state index contributed by atoms with van der Waals surface area (Å²) in [5.41, 5.74) is 5.48. The molecule has 0 aromatic heterocycles. The van der Waals surface area contributed by atoms with Crippen LogP contribution >= 0.6 is 0 Å². The van der Waals surface area contributed by atoms with E-state index in [4.69, 9.17) is 5.73 Å². The van der Waals surface area contributed by atoms with Crippen LogP contribution < -0.4 is 5.73 Å². The standard InChI is InChI=1S/C11H13F4N/c12-10-3-1-2-8(7-10)6-9(4-5-16)11(13,14)15/h1-3,7,9H,4-6,16H2. The molecule has 0 aliphatic rings. The van der Waals surface area contributed by atoms with Crippen LogP contribution in [0, 0.1) is 11.7 Å². The molecule has 0 saturated heterocycles. The number of benzene rings is 1. The van der Waals surface area contributed by atoms with Gasteiger partial charge < -0.3 is 5.73 Å². The molecular weight excluding hydrogens is 222 g/mol. The minimum Gasteiger partial charge on any atom is -0.330 e. The van der Waals surface area contributed by atoms with E-state index in [2.05, 4.69) is 0 Å². The Bertz CT molecular complexity index is 335. The molecule has 16 heavy (non-hydrogen) atoms. The molecule has 0 aliphatic carbocycles. The fourth-order valence-corrected chi connectivity index (χ4v) is 1.53. The van der Waals surface area contributed by atoms with E-state index in [1.165, 1.54) is 18.2 Å². The average molecular weight is 235 g/mol. The van der Waals surface area contributed by atoms with Crippen LogP contribution in [0.25, 0.3) is 0 Å². The molecule has 1 aromatic carbocycles. The number of hydrogen-bond donors (Lipinski definition) is 1. The summed E-state index contributed by atoms with van der Waals surface area (Å²) in [5, 5.41) is 0. The summed E-state index contributed by atoms with van der Waals surface area (Å²) in [6.45, 7) is -0.0283. The maximum atomic E-state index is 12.8. The van der Waals surface area contributed by atoms with Gasteiger partial charge in [0.15, 0.2) is 0 Å². The van der Waals surface area contributed by atoms with Crippen molar-refractivity contribution in [3.05, 3.63) is 35.6 Å². The zero-order valence-corrected chi connectivity index (χ0v) is 8.60. The summed E-state index contributed by atoms with van der Waals surface area (Å²) >= 11 is 0. The van der Waals surface area contributed by atoms with E-state index < -0.39 is 17.9 Å². The predicted octanol–water partition coefficient (Wildman–Crippen LogP) is 2.90. The van der Waals surface area contributed by atoms with Gasteiger partial charge in [0.2, 0.25) is 0 Å². The van der Waals surface area contributed by atoms with E-state index in [0.29, 0.717) is 5.56 Å². The number of rotatable bonds is 4. The minimum absolute atomic E-state index is 0.0283. The normalized spacial score (nSPS) is 13.8. The van der Waals surface area contributed by atoms with E-state index in [1.807, 2.05) is 0 Å². The molecule has 2 N–H and O–H groups in total. The second-order valence-corrected chi connectivity index (χ2v) is 3.65. The largest absolute Gasteiger partial charge is 0.392 e. The minimum atomic E-state index is -4.29. The van der Waals surface area contributed by atoms with Crippen LogP contribution in [-0.4, -0.2) is 12.7 Å². The van der Waals surface area contributed by atoms with Crippen LogP contribution in [0.1, 0.15) is 12.0 Å². The highest BCUT2D eigenvalue weighted by Gasteiger charge is 2.38. The molecule has 0 spiro atoms. The molecule has 0 radical (unpaired) electrons. The van der Waals surface area contributed by atoms with E-state index in [0.717, 1.165) is 6.07 Å². The second-order valence-electron chi connectivity index (χ2n) is 3.65. The molecule has 0 fully saturated rings. The van der Waals surface area contributed by atoms with Crippen molar-refractivity contribution in [3.63, 3.8) is 0 Å². The van der Waals surface area contributed by atoms with Crippen LogP contribution in [0.3, 0.4) is 0 Å². The lowest BCUT2D eigenvalue weighted by Gasteiger charge is -2.19. The molecule has 1 aromatic rings. The van der Waals surface area contributed by atoms with Gasteiger partial charge in [-0.25, -0.2) is 4.39 Å². The lowest BCUT2D eigenvalue weighted by atomic mass is 9.95. The second kappa shape index (κ2) is 5.30. The Morgan fingerprint density at radius 1 is 1.25 bits per heavy atom. The fourth-order valence-electron chi connectivity index (χ4n) is 1.53. The lowest BCUT2D eigenvalue weighted by Crippen LogP contribution is -2.27. The van der Waals surface area contributed by atoms with Crippen LogP contribution in [0.4, 0.5) is 17.6 Å². The van der Waals surface area contributed by atoms with E-state index >= 15 is 0 Å². The zero-order chi connectivity index (χ0) is 12.2. The SMILES string of the molecule is NCCC(Cc1cccc(F)c1)C(F)(F)F. The van der Waals surface area contributed by atoms with E-state index in [1.54, 1.807) is 0 Å². The van der Waals surface area contributed by atoms with Gasteiger partial charge in [-0.05, 0) is 37.1 Å². The molecule has 5 heteroatoms. The lowest BCUT2D eigenvalue weighted by molar-refractivity contribution is -0.175. The third-order valence-corrected chi connectivity index (χ3v) is 2.35. The van der Waals surface area contributed by atoms with Gasteiger partial charge in [-0.15, -0.1) is 0 Å². The molecule has 0 amide bonds. The molecule has 1 unspecified atom stereocenters. The van der Waals surface area contributed by atoms with Crippen molar-refractivity contribution in [3.8, 4) is 0 Å². The van der Waals surface area contributed by atoms with Gasteiger partial charge in [-0.2, -0.15) is 13.2 Å². The third-order valence-electron chi connectivity index (χ3n) is 2.35. The van der Waals surface area contributed by atoms with Crippen LogP contribution in [0.2, 0.25) is 0 Å². The Morgan fingerprint density at radius 3 is 2.44 bits per heavy atom. The first-order valence-electron chi connectivity index (χ1n) is 4.94. The van der Waals surface area contributed by atoms with Gasteiger partial charge in [0.05, 0.1) is 5.92 Å². The average Bonchev–Trinajstić information content (AvgIpc) is 2.16. The highest BCUT2D eigenvalue weighted by Crippen LogP contribution is 2.31. The van der Waals surface area contributed by atoms with Crippen molar-refractivity contribution in [2.75, 3.05) is 6.54 Å². The first-order chi connectivity index (χ1) is 7.43. The van der Waals surface area contributed by atoms with Crippen molar-refractivity contribution in [2.24, 2.45) is 11.7 Å². The van der Waals surface area contributed by atoms with E-state index in [-0.39, 0.29) is 19.4 Å². The van der Waals surface area contributed by atoms with Gasteiger partial charge in [0.1, 0.15) is 5.82 Å². The fraction of sp³-hybridized carbons (Fsp3) is 0.455.